The van der Waals surface area contributed by atoms with Gasteiger partial charge in [-0.3, -0.25) is 9.00 Å². The summed E-state index contributed by atoms with van der Waals surface area (Å²) in [5.41, 5.74) is 0. The SMILES string of the molecule is Cc1occc1[S@](=O)CC(=O)N1C[C@H](C)O[C@@H](C)C1. The summed E-state index contributed by atoms with van der Waals surface area (Å²) in [6, 6.07) is 1.66. The number of carbonyl (C=O) groups excluding carboxylic acids is 1. The van der Waals surface area contributed by atoms with Crippen molar-refractivity contribution in [2.75, 3.05) is 18.8 Å². The molecule has 1 aliphatic heterocycles. The zero-order valence-corrected chi connectivity index (χ0v) is 12.2. The molecule has 0 saturated carbocycles. The molecule has 1 amide bonds. The Morgan fingerprint density at radius 2 is 2.05 bits per heavy atom. The first kappa shape index (κ1) is 14.3. The van der Waals surface area contributed by atoms with Gasteiger partial charge >= 0.3 is 0 Å². The number of morpholine rings is 1. The van der Waals surface area contributed by atoms with Gasteiger partial charge in [-0.25, -0.2) is 0 Å². The van der Waals surface area contributed by atoms with Gasteiger partial charge in [-0.05, 0) is 26.8 Å². The average Bonchev–Trinajstić information content (AvgIpc) is 2.74. The number of rotatable bonds is 3. The molecule has 0 N–H and O–H groups in total. The van der Waals surface area contributed by atoms with Gasteiger partial charge in [0.1, 0.15) is 11.5 Å². The van der Waals surface area contributed by atoms with E-state index in [1.165, 1.54) is 6.26 Å². The highest BCUT2D eigenvalue weighted by Crippen LogP contribution is 2.16. The minimum Gasteiger partial charge on any atom is -0.468 e. The molecule has 6 heteroatoms. The Kier molecular flexibility index (Phi) is 4.42. The predicted molar refractivity (Wildman–Crippen MR) is 71.3 cm³/mol. The summed E-state index contributed by atoms with van der Waals surface area (Å²) in [5.74, 6) is 0.510. The number of nitrogens with zero attached hydrogens (tertiary/aromatic N) is 1. The number of ether oxygens (including phenoxy) is 1. The Hall–Kier alpha value is -1.14. The van der Waals surface area contributed by atoms with Crippen LogP contribution < -0.4 is 0 Å². The number of carbonyl (C=O) groups is 1. The van der Waals surface area contributed by atoms with Gasteiger partial charge in [0.15, 0.2) is 0 Å². The minimum absolute atomic E-state index is 0.000185. The van der Waals surface area contributed by atoms with Crippen molar-refractivity contribution in [2.24, 2.45) is 0 Å². The Morgan fingerprint density at radius 3 is 2.58 bits per heavy atom. The van der Waals surface area contributed by atoms with Gasteiger partial charge in [-0.15, -0.1) is 0 Å². The Morgan fingerprint density at radius 1 is 1.42 bits per heavy atom. The molecule has 1 fully saturated rings. The normalized spacial score (nSPS) is 25.3. The molecule has 0 bridgehead atoms. The number of hydrogen-bond acceptors (Lipinski definition) is 4. The lowest BCUT2D eigenvalue weighted by Crippen LogP contribution is -2.49. The summed E-state index contributed by atoms with van der Waals surface area (Å²) in [6.07, 6.45) is 1.54. The van der Waals surface area contributed by atoms with Crippen LogP contribution >= 0.6 is 0 Å². The van der Waals surface area contributed by atoms with Gasteiger partial charge in [0.25, 0.3) is 0 Å². The van der Waals surface area contributed by atoms with Crippen LogP contribution in [0.4, 0.5) is 0 Å². The third-order valence-electron chi connectivity index (χ3n) is 3.08. The highest BCUT2D eigenvalue weighted by atomic mass is 32.2. The Bertz CT molecular complexity index is 475. The molecule has 1 aromatic rings. The first-order valence-corrected chi connectivity index (χ1v) is 7.65. The van der Waals surface area contributed by atoms with E-state index in [4.69, 9.17) is 9.15 Å². The molecule has 0 radical (unpaired) electrons. The van der Waals surface area contributed by atoms with Gasteiger partial charge < -0.3 is 14.1 Å². The van der Waals surface area contributed by atoms with Gasteiger partial charge in [-0.1, -0.05) is 0 Å². The van der Waals surface area contributed by atoms with E-state index in [9.17, 15) is 9.00 Å². The maximum atomic E-state index is 12.2. The van der Waals surface area contributed by atoms with E-state index >= 15 is 0 Å². The molecule has 1 saturated heterocycles. The Balaban J connectivity index is 1.97. The maximum Gasteiger partial charge on any atom is 0.235 e. The predicted octanol–water partition coefficient (Wildman–Crippen LogP) is 1.33. The van der Waals surface area contributed by atoms with Gasteiger partial charge in [0.2, 0.25) is 5.91 Å². The third kappa shape index (κ3) is 3.45. The second-order valence-corrected chi connectivity index (χ2v) is 6.31. The summed E-state index contributed by atoms with van der Waals surface area (Å²) >= 11 is 0. The molecule has 0 spiro atoms. The number of aryl methyl sites for hydroxylation is 1. The molecule has 19 heavy (non-hydrogen) atoms. The summed E-state index contributed by atoms with van der Waals surface area (Å²) in [7, 11) is -1.34. The van der Waals surface area contributed by atoms with Crippen molar-refractivity contribution in [1.29, 1.82) is 0 Å². The van der Waals surface area contributed by atoms with E-state index in [1.54, 1.807) is 17.9 Å². The van der Waals surface area contributed by atoms with Gasteiger partial charge in [0, 0.05) is 13.1 Å². The zero-order valence-electron chi connectivity index (χ0n) is 11.4. The minimum atomic E-state index is -1.34. The molecule has 3 atom stereocenters. The fourth-order valence-electron chi connectivity index (χ4n) is 2.27. The molecule has 2 rings (SSSR count). The lowest BCUT2D eigenvalue weighted by molar-refractivity contribution is -0.140. The smallest absolute Gasteiger partial charge is 0.235 e. The average molecular weight is 285 g/mol. The highest BCUT2D eigenvalue weighted by Gasteiger charge is 2.27. The molecular formula is C13H19NO4S. The maximum absolute atomic E-state index is 12.2. The van der Waals surface area contributed by atoms with Crippen LogP contribution in [-0.2, 0) is 20.3 Å². The summed E-state index contributed by atoms with van der Waals surface area (Å²) < 4.78 is 22.8. The zero-order chi connectivity index (χ0) is 14.0. The molecule has 5 nitrogen and oxygen atoms in total. The van der Waals surface area contributed by atoms with Crippen molar-refractivity contribution < 1.29 is 18.2 Å². The summed E-state index contributed by atoms with van der Waals surface area (Å²) in [5, 5.41) is 0. The van der Waals surface area contributed by atoms with Crippen molar-refractivity contribution in [3.63, 3.8) is 0 Å². The van der Waals surface area contributed by atoms with Crippen LogP contribution in [0.1, 0.15) is 19.6 Å². The van der Waals surface area contributed by atoms with Crippen LogP contribution in [0.25, 0.3) is 0 Å². The second-order valence-electron chi connectivity index (χ2n) is 4.89. The molecule has 2 heterocycles. The fourth-order valence-corrected chi connectivity index (χ4v) is 3.41. The molecular weight excluding hydrogens is 266 g/mol. The molecule has 1 aromatic heterocycles. The van der Waals surface area contributed by atoms with Crippen molar-refractivity contribution >= 4 is 16.7 Å². The van der Waals surface area contributed by atoms with Crippen LogP contribution in [0.3, 0.4) is 0 Å². The van der Waals surface area contributed by atoms with Crippen LogP contribution in [0.2, 0.25) is 0 Å². The highest BCUT2D eigenvalue weighted by molar-refractivity contribution is 7.85. The molecule has 1 aliphatic rings. The van der Waals surface area contributed by atoms with Gasteiger partial charge in [0.05, 0.1) is 34.2 Å². The van der Waals surface area contributed by atoms with Crippen molar-refractivity contribution in [3.05, 3.63) is 18.1 Å². The second kappa shape index (κ2) is 5.88. The topological polar surface area (TPSA) is 59.8 Å². The van der Waals surface area contributed by atoms with E-state index < -0.39 is 10.8 Å². The van der Waals surface area contributed by atoms with Crippen LogP contribution in [0.15, 0.2) is 21.6 Å². The Labute approximate surface area is 115 Å². The molecule has 0 aromatic carbocycles. The van der Waals surface area contributed by atoms with Crippen LogP contribution in [0.5, 0.6) is 0 Å². The summed E-state index contributed by atoms with van der Waals surface area (Å²) in [6.45, 7) is 6.74. The molecule has 0 unspecified atom stereocenters. The van der Waals surface area contributed by atoms with Crippen LogP contribution in [-0.4, -0.2) is 46.1 Å². The van der Waals surface area contributed by atoms with Crippen LogP contribution in [0, 0.1) is 6.92 Å². The van der Waals surface area contributed by atoms with Gasteiger partial charge in [-0.2, -0.15) is 0 Å². The quantitative estimate of drug-likeness (QED) is 0.840. The number of amides is 1. The standard InChI is InChI=1S/C13H19NO4S/c1-9-6-14(7-10(2)18-9)13(15)8-19(16)12-4-5-17-11(12)3/h4-5,9-10H,6-8H2,1-3H3/t9-,10-,19+/m0/s1. The fraction of sp³-hybridized carbons (Fsp3) is 0.615. The van der Waals surface area contributed by atoms with E-state index in [2.05, 4.69) is 0 Å². The van der Waals surface area contributed by atoms with Crippen molar-refractivity contribution in [3.8, 4) is 0 Å². The largest absolute Gasteiger partial charge is 0.468 e. The first-order chi connectivity index (χ1) is 8.97. The monoisotopic (exact) mass is 285 g/mol. The third-order valence-corrected chi connectivity index (χ3v) is 4.51. The van der Waals surface area contributed by atoms with Crippen molar-refractivity contribution in [1.82, 2.24) is 4.90 Å². The van der Waals surface area contributed by atoms with E-state index in [0.29, 0.717) is 23.7 Å². The summed E-state index contributed by atoms with van der Waals surface area (Å²) in [4.78, 5) is 14.5. The van der Waals surface area contributed by atoms with E-state index in [0.717, 1.165) is 0 Å². The van der Waals surface area contributed by atoms with E-state index in [-0.39, 0.29) is 23.9 Å². The number of furan rings is 1. The number of hydrogen-bond donors (Lipinski definition) is 0. The molecule has 106 valence electrons. The first-order valence-electron chi connectivity index (χ1n) is 6.33. The molecule has 0 aliphatic carbocycles. The lowest BCUT2D eigenvalue weighted by Gasteiger charge is -2.35. The van der Waals surface area contributed by atoms with E-state index in [1.807, 2.05) is 13.8 Å². The van der Waals surface area contributed by atoms with Crippen molar-refractivity contribution in [2.45, 2.75) is 37.9 Å². The lowest BCUT2D eigenvalue weighted by atomic mass is 10.2.